The van der Waals surface area contributed by atoms with E-state index in [2.05, 4.69) is 5.10 Å². The lowest BCUT2D eigenvalue weighted by Gasteiger charge is -2.09. The van der Waals surface area contributed by atoms with Gasteiger partial charge in [0.15, 0.2) is 0 Å². The summed E-state index contributed by atoms with van der Waals surface area (Å²) in [7, 11) is 2.90. The smallest absolute Gasteiger partial charge is 0.331 e. The van der Waals surface area contributed by atoms with E-state index in [1.807, 2.05) is 48.7 Å². The van der Waals surface area contributed by atoms with Crippen LogP contribution < -0.4 is 11.2 Å². The van der Waals surface area contributed by atoms with Gasteiger partial charge in [0.1, 0.15) is 6.61 Å². The summed E-state index contributed by atoms with van der Waals surface area (Å²) in [6.07, 6.45) is 4.71. The average Bonchev–Trinajstić information content (AvgIpc) is 3.28. The van der Waals surface area contributed by atoms with Gasteiger partial charge >= 0.3 is 11.7 Å². The van der Waals surface area contributed by atoms with Gasteiger partial charge in [-0.05, 0) is 30.3 Å². The molecular formula is C25H21ClN4O4. The summed E-state index contributed by atoms with van der Waals surface area (Å²) in [4.78, 5) is 36.3. The highest BCUT2D eigenvalue weighted by molar-refractivity contribution is 6.30. The van der Waals surface area contributed by atoms with Gasteiger partial charge in [-0.3, -0.25) is 13.9 Å². The summed E-state index contributed by atoms with van der Waals surface area (Å²) in [5, 5.41) is 5.29. The first-order chi connectivity index (χ1) is 16.3. The molecule has 4 aromatic rings. The van der Waals surface area contributed by atoms with Crippen LogP contribution >= 0.6 is 11.6 Å². The van der Waals surface area contributed by atoms with E-state index in [0.717, 1.165) is 15.8 Å². The minimum atomic E-state index is -0.623. The molecular weight excluding hydrogens is 456 g/mol. The van der Waals surface area contributed by atoms with E-state index in [0.29, 0.717) is 22.0 Å². The first-order valence-electron chi connectivity index (χ1n) is 10.4. The maximum atomic E-state index is 12.4. The number of nitrogens with zero attached hydrogens (tertiary/aromatic N) is 4. The fraction of sp³-hybridized carbons (Fsp3) is 0.120. The molecule has 2 aromatic carbocycles. The number of halogens is 1. The van der Waals surface area contributed by atoms with E-state index in [-0.39, 0.29) is 6.61 Å². The Bertz CT molecular complexity index is 1480. The van der Waals surface area contributed by atoms with Gasteiger partial charge in [0, 0.05) is 48.6 Å². The van der Waals surface area contributed by atoms with E-state index in [9.17, 15) is 14.4 Å². The molecule has 0 saturated carbocycles. The quantitative estimate of drug-likeness (QED) is 0.314. The average molecular weight is 477 g/mol. The van der Waals surface area contributed by atoms with Crippen LogP contribution in [0.4, 0.5) is 0 Å². The van der Waals surface area contributed by atoms with E-state index in [1.165, 1.54) is 30.8 Å². The van der Waals surface area contributed by atoms with Crippen LogP contribution in [0, 0.1) is 0 Å². The van der Waals surface area contributed by atoms with Gasteiger partial charge in [0.05, 0.1) is 17.1 Å². The molecule has 0 atom stereocenters. The largest absolute Gasteiger partial charge is 0.456 e. The van der Waals surface area contributed by atoms with E-state index in [1.54, 1.807) is 22.9 Å². The van der Waals surface area contributed by atoms with Crippen molar-refractivity contribution in [1.29, 1.82) is 0 Å². The molecule has 0 saturated heterocycles. The van der Waals surface area contributed by atoms with Gasteiger partial charge in [0.2, 0.25) is 0 Å². The Hall–Kier alpha value is -4.17. The molecule has 0 aliphatic carbocycles. The number of hydrogen-bond donors (Lipinski definition) is 0. The van der Waals surface area contributed by atoms with Crippen LogP contribution in [0.5, 0.6) is 0 Å². The molecule has 172 valence electrons. The van der Waals surface area contributed by atoms with Gasteiger partial charge in [0.25, 0.3) is 5.56 Å². The lowest BCUT2D eigenvalue weighted by Crippen LogP contribution is -2.38. The number of aromatic nitrogens is 4. The van der Waals surface area contributed by atoms with Crippen LogP contribution in [0.3, 0.4) is 0 Å². The van der Waals surface area contributed by atoms with Crippen molar-refractivity contribution in [2.45, 2.75) is 6.61 Å². The molecule has 34 heavy (non-hydrogen) atoms. The van der Waals surface area contributed by atoms with Crippen LogP contribution in [0.15, 0.2) is 82.5 Å². The normalized spacial score (nSPS) is 11.1. The highest BCUT2D eigenvalue weighted by Crippen LogP contribution is 2.26. The number of carbonyl (C=O) groups excluding carboxylic acids is 1. The van der Waals surface area contributed by atoms with Crippen LogP contribution in [0.25, 0.3) is 23.0 Å². The lowest BCUT2D eigenvalue weighted by molar-refractivity contribution is -0.139. The van der Waals surface area contributed by atoms with Crippen molar-refractivity contribution in [3.05, 3.63) is 110 Å². The predicted molar refractivity (Wildman–Crippen MR) is 130 cm³/mol. The molecule has 0 amide bonds. The van der Waals surface area contributed by atoms with Crippen molar-refractivity contribution in [3.8, 4) is 16.9 Å². The van der Waals surface area contributed by atoms with Gasteiger partial charge in [-0.1, -0.05) is 41.9 Å². The van der Waals surface area contributed by atoms with Crippen LogP contribution in [-0.4, -0.2) is 24.9 Å². The Morgan fingerprint density at radius 3 is 2.44 bits per heavy atom. The van der Waals surface area contributed by atoms with E-state index in [4.69, 9.17) is 16.3 Å². The Kier molecular flexibility index (Phi) is 6.60. The second-order valence-electron chi connectivity index (χ2n) is 7.54. The topological polar surface area (TPSA) is 88.1 Å². The molecule has 0 unspecified atom stereocenters. The summed E-state index contributed by atoms with van der Waals surface area (Å²) in [5.41, 5.74) is 2.41. The Labute approximate surface area is 199 Å². The molecule has 2 aromatic heterocycles. The molecule has 0 fully saturated rings. The van der Waals surface area contributed by atoms with Gasteiger partial charge < -0.3 is 4.74 Å². The molecule has 0 aliphatic rings. The first-order valence-corrected chi connectivity index (χ1v) is 10.7. The number of rotatable bonds is 6. The highest BCUT2D eigenvalue weighted by Gasteiger charge is 2.12. The molecule has 0 radical (unpaired) electrons. The summed E-state index contributed by atoms with van der Waals surface area (Å²) in [6.45, 7) is -0.210. The van der Waals surface area contributed by atoms with Gasteiger partial charge in [-0.25, -0.2) is 14.3 Å². The monoisotopic (exact) mass is 476 g/mol. The lowest BCUT2D eigenvalue weighted by atomic mass is 10.1. The zero-order chi connectivity index (χ0) is 24.2. The number of hydrogen-bond acceptors (Lipinski definition) is 5. The third-order valence-corrected chi connectivity index (χ3v) is 5.52. The predicted octanol–water partition coefficient (Wildman–Crippen LogP) is 3.35. The van der Waals surface area contributed by atoms with Crippen molar-refractivity contribution < 1.29 is 9.53 Å². The Balaban J connectivity index is 1.59. The van der Waals surface area contributed by atoms with Crippen molar-refractivity contribution in [2.75, 3.05) is 0 Å². The van der Waals surface area contributed by atoms with E-state index < -0.39 is 17.2 Å². The molecule has 0 bridgehead atoms. The minimum Gasteiger partial charge on any atom is -0.456 e. The molecule has 9 heteroatoms. The highest BCUT2D eigenvalue weighted by atomic mass is 35.5. The van der Waals surface area contributed by atoms with Crippen LogP contribution in [-0.2, 0) is 30.2 Å². The molecule has 0 N–H and O–H groups in total. The maximum Gasteiger partial charge on any atom is 0.331 e. The maximum absolute atomic E-state index is 12.4. The van der Waals surface area contributed by atoms with Crippen molar-refractivity contribution in [1.82, 2.24) is 18.9 Å². The summed E-state index contributed by atoms with van der Waals surface area (Å²) < 4.78 is 9.23. The Morgan fingerprint density at radius 2 is 1.74 bits per heavy atom. The zero-order valence-corrected chi connectivity index (χ0v) is 19.3. The third kappa shape index (κ3) is 4.92. The van der Waals surface area contributed by atoms with Gasteiger partial charge in [-0.15, -0.1) is 0 Å². The van der Waals surface area contributed by atoms with Crippen LogP contribution in [0.2, 0.25) is 5.02 Å². The fourth-order valence-corrected chi connectivity index (χ4v) is 3.45. The zero-order valence-electron chi connectivity index (χ0n) is 18.5. The van der Waals surface area contributed by atoms with Crippen molar-refractivity contribution in [2.24, 2.45) is 14.1 Å². The number of carbonyl (C=O) groups is 1. The number of ether oxygens (including phenoxy) is 1. The molecule has 0 aliphatic heterocycles. The van der Waals surface area contributed by atoms with Crippen molar-refractivity contribution in [3.63, 3.8) is 0 Å². The third-order valence-electron chi connectivity index (χ3n) is 5.27. The Morgan fingerprint density at radius 1 is 1.03 bits per heavy atom. The molecule has 0 spiro atoms. The summed E-state index contributed by atoms with van der Waals surface area (Å²) >= 11 is 6.02. The van der Waals surface area contributed by atoms with Crippen LogP contribution in [0.1, 0.15) is 11.3 Å². The summed E-state index contributed by atoms with van der Waals surface area (Å²) in [6, 6.07) is 18.1. The standard InChI is InChI=1S/C25H21ClN4O4/c1-28-21(14-22(31)29(2)25(28)33)16-34-23(32)13-10-18-15-30(20-6-4-3-5-7-20)27-24(18)17-8-11-19(26)12-9-17/h3-15H,16H2,1-2H3/b13-10+. The molecule has 8 nitrogen and oxygen atoms in total. The number of benzene rings is 2. The second-order valence-corrected chi connectivity index (χ2v) is 7.97. The van der Waals surface area contributed by atoms with Crippen molar-refractivity contribution >= 4 is 23.6 Å². The van der Waals surface area contributed by atoms with E-state index >= 15 is 0 Å². The SMILES string of the molecule is Cn1c(COC(=O)/C=C/c2cn(-c3ccccc3)nc2-c2ccc(Cl)cc2)cc(=O)n(C)c1=O. The molecule has 2 heterocycles. The van der Waals surface area contributed by atoms with Gasteiger partial charge in [-0.2, -0.15) is 5.10 Å². The summed E-state index contributed by atoms with van der Waals surface area (Å²) in [5.74, 6) is -0.623. The fourth-order valence-electron chi connectivity index (χ4n) is 3.32. The second kappa shape index (κ2) is 9.76. The number of esters is 1. The first kappa shape index (κ1) is 23.0. The minimum absolute atomic E-state index is 0.210. The number of para-hydroxylation sites is 1. The molecule has 4 rings (SSSR count).